The molecule has 4 rings (SSSR count). The maximum Gasteiger partial charge on any atom is 0.273 e. The number of ether oxygens (including phenoxy) is 1. The lowest BCUT2D eigenvalue weighted by Crippen LogP contribution is -2.41. The topological polar surface area (TPSA) is 70.8 Å². The Bertz CT molecular complexity index is 1050. The van der Waals surface area contributed by atoms with Gasteiger partial charge in [0.15, 0.2) is 5.69 Å². The van der Waals surface area contributed by atoms with Crippen molar-refractivity contribution in [2.24, 2.45) is 0 Å². The Morgan fingerprint density at radius 1 is 1.15 bits per heavy atom. The van der Waals surface area contributed by atoms with Crippen LogP contribution < -0.4 is 5.32 Å². The molecular weight excluding hydrogens is 452 g/mol. The number of nitrogens with one attached hydrogen (secondary N) is 1. The van der Waals surface area contributed by atoms with E-state index in [-0.39, 0.29) is 17.6 Å². The Morgan fingerprint density at radius 3 is 2.71 bits per heavy atom. The summed E-state index contributed by atoms with van der Waals surface area (Å²) in [5, 5.41) is 3.70. The number of hydrogen-bond acceptors (Lipinski definition) is 6. The number of carbonyl (C=O) groups is 1. The minimum absolute atomic E-state index is 0.123. The summed E-state index contributed by atoms with van der Waals surface area (Å²) in [4.78, 5) is 21.8. The maximum absolute atomic E-state index is 12.7. The van der Waals surface area contributed by atoms with Crippen LogP contribution in [-0.4, -0.2) is 60.1 Å². The first-order valence-electron chi connectivity index (χ1n) is 11.6. The molecule has 0 bridgehead atoms. The van der Waals surface area contributed by atoms with Gasteiger partial charge in [0.2, 0.25) is 5.89 Å². The summed E-state index contributed by atoms with van der Waals surface area (Å²) < 4.78 is 11.1. The zero-order valence-corrected chi connectivity index (χ0v) is 20.2. The molecule has 8 heteroatoms. The third kappa shape index (κ3) is 7.14. The van der Waals surface area contributed by atoms with Gasteiger partial charge < -0.3 is 14.5 Å². The molecule has 1 unspecified atom stereocenters. The number of benzene rings is 2. The van der Waals surface area contributed by atoms with Gasteiger partial charge in [-0.25, -0.2) is 4.98 Å². The van der Waals surface area contributed by atoms with E-state index in [9.17, 15) is 4.79 Å². The highest BCUT2D eigenvalue weighted by Gasteiger charge is 2.19. The zero-order valence-electron chi connectivity index (χ0n) is 19.5. The van der Waals surface area contributed by atoms with Gasteiger partial charge in [-0.2, -0.15) is 0 Å². The van der Waals surface area contributed by atoms with Crippen LogP contribution >= 0.6 is 11.6 Å². The second kappa shape index (κ2) is 12.1. The highest BCUT2D eigenvalue weighted by molar-refractivity contribution is 6.30. The highest BCUT2D eigenvalue weighted by atomic mass is 35.5. The number of halogens is 1. The van der Waals surface area contributed by atoms with Crippen molar-refractivity contribution in [1.29, 1.82) is 0 Å². The summed E-state index contributed by atoms with van der Waals surface area (Å²) in [6.45, 7) is 8.34. The molecule has 2 aromatic carbocycles. The van der Waals surface area contributed by atoms with Crippen molar-refractivity contribution in [3.8, 4) is 0 Å². The van der Waals surface area contributed by atoms with E-state index in [1.807, 2.05) is 55.5 Å². The molecule has 2 heterocycles. The average Bonchev–Trinajstić information content (AvgIpc) is 3.32. The van der Waals surface area contributed by atoms with Crippen LogP contribution in [-0.2, 0) is 17.8 Å². The van der Waals surface area contributed by atoms with Crippen LogP contribution in [0.2, 0.25) is 5.02 Å². The third-order valence-corrected chi connectivity index (χ3v) is 6.16. The van der Waals surface area contributed by atoms with Crippen molar-refractivity contribution in [1.82, 2.24) is 20.1 Å². The van der Waals surface area contributed by atoms with E-state index < -0.39 is 0 Å². The fourth-order valence-electron chi connectivity index (χ4n) is 3.99. The smallest absolute Gasteiger partial charge is 0.273 e. The SMILES string of the molecule is CC(NC(=O)c1coc(CN(CCN2CCOCC2)Cc2cccc(Cl)c2)n1)c1ccccc1. The summed E-state index contributed by atoms with van der Waals surface area (Å²) in [5.74, 6) is 0.266. The Hall–Kier alpha value is -2.71. The highest BCUT2D eigenvalue weighted by Crippen LogP contribution is 2.16. The van der Waals surface area contributed by atoms with E-state index in [4.69, 9.17) is 20.8 Å². The molecule has 1 amide bonds. The molecule has 1 N–H and O–H groups in total. The first-order valence-corrected chi connectivity index (χ1v) is 12.0. The summed E-state index contributed by atoms with van der Waals surface area (Å²) in [7, 11) is 0. The van der Waals surface area contributed by atoms with Crippen LogP contribution in [0.3, 0.4) is 0 Å². The van der Waals surface area contributed by atoms with Crippen LogP contribution in [0.5, 0.6) is 0 Å². The summed E-state index contributed by atoms with van der Waals surface area (Å²) in [6, 6.07) is 17.6. The Labute approximate surface area is 205 Å². The van der Waals surface area contributed by atoms with Gasteiger partial charge in [-0.1, -0.05) is 54.1 Å². The predicted octanol–water partition coefficient (Wildman–Crippen LogP) is 4.15. The number of aromatic nitrogens is 1. The lowest BCUT2D eigenvalue weighted by atomic mass is 10.1. The second-order valence-electron chi connectivity index (χ2n) is 8.53. The molecule has 0 aliphatic carbocycles. The quantitative estimate of drug-likeness (QED) is 0.468. The fraction of sp³-hybridized carbons (Fsp3) is 0.385. The van der Waals surface area contributed by atoms with Gasteiger partial charge in [0.25, 0.3) is 5.91 Å². The number of oxazole rings is 1. The van der Waals surface area contributed by atoms with Gasteiger partial charge in [0.1, 0.15) is 6.26 Å². The van der Waals surface area contributed by atoms with Crippen LogP contribution in [0, 0.1) is 0 Å². The Balaban J connectivity index is 1.39. The van der Waals surface area contributed by atoms with Crippen molar-refractivity contribution in [2.45, 2.75) is 26.1 Å². The molecule has 0 spiro atoms. The molecule has 0 saturated carbocycles. The van der Waals surface area contributed by atoms with Gasteiger partial charge in [0.05, 0.1) is 25.8 Å². The summed E-state index contributed by atoms with van der Waals surface area (Å²) >= 11 is 6.20. The first kappa shape index (κ1) is 24.4. The first-order chi connectivity index (χ1) is 16.6. The predicted molar refractivity (Wildman–Crippen MR) is 132 cm³/mol. The molecule has 1 aromatic heterocycles. The van der Waals surface area contributed by atoms with Crippen molar-refractivity contribution < 1.29 is 13.9 Å². The van der Waals surface area contributed by atoms with Crippen molar-refractivity contribution in [3.63, 3.8) is 0 Å². The van der Waals surface area contributed by atoms with Crippen LogP contribution in [0.4, 0.5) is 0 Å². The fourth-order valence-corrected chi connectivity index (χ4v) is 4.20. The minimum atomic E-state index is -0.249. The molecule has 34 heavy (non-hydrogen) atoms. The van der Waals surface area contributed by atoms with Gasteiger partial charge in [-0.3, -0.25) is 14.6 Å². The standard InChI is InChI=1S/C26H31ClN4O3/c1-20(22-7-3-2-4-8-22)28-26(32)24-19-34-25(29-24)18-31(11-10-30-12-14-33-15-13-30)17-21-6-5-9-23(27)16-21/h2-9,16,19-20H,10-15,17-18H2,1H3,(H,28,32). The number of hydrogen-bond donors (Lipinski definition) is 1. The zero-order chi connectivity index (χ0) is 23.8. The van der Waals surface area contributed by atoms with Crippen LogP contribution in [0.15, 0.2) is 65.3 Å². The molecule has 1 saturated heterocycles. The molecule has 1 fully saturated rings. The van der Waals surface area contributed by atoms with Crippen molar-refractivity contribution in [2.75, 3.05) is 39.4 Å². The monoisotopic (exact) mass is 482 g/mol. The molecule has 3 aromatic rings. The van der Waals surface area contributed by atoms with Crippen molar-refractivity contribution in [3.05, 3.63) is 88.6 Å². The molecule has 1 atom stereocenters. The summed E-state index contributed by atoms with van der Waals surface area (Å²) in [5.41, 5.74) is 2.44. The van der Waals surface area contributed by atoms with E-state index in [2.05, 4.69) is 26.2 Å². The molecular formula is C26H31ClN4O3. The van der Waals surface area contributed by atoms with Crippen LogP contribution in [0.1, 0.15) is 40.5 Å². The third-order valence-electron chi connectivity index (χ3n) is 5.92. The van der Waals surface area contributed by atoms with E-state index in [0.29, 0.717) is 24.0 Å². The number of morpholine rings is 1. The molecule has 1 aliphatic heterocycles. The largest absolute Gasteiger partial charge is 0.447 e. The van der Waals surface area contributed by atoms with Gasteiger partial charge in [-0.05, 0) is 30.2 Å². The van der Waals surface area contributed by atoms with Crippen molar-refractivity contribution >= 4 is 17.5 Å². The lowest BCUT2D eigenvalue weighted by molar-refractivity contribution is 0.0320. The molecule has 7 nitrogen and oxygen atoms in total. The van der Waals surface area contributed by atoms with Gasteiger partial charge in [-0.15, -0.1) is 0 Å². The van der Waals surface area contributed by atoms with E-state index in [1.54, 1.807) is 0 Å². The minimum Gasteiger partial charge on any atom is -0.447 e. The lowest BCUT2D eigenvalue weighted by Gasteiger charge is -2.29. The van der Waals surface area contributed by atoms with E-state index in [0.717, 1.165) is 50.5 Å². The summed E-state index contributed by atoms with van der Waals surface area (Å²) in [6.07, 6.45) is 1.43. The average molecular weight is 483 g/mol. The van der Waals surface area contributed by atoms with Gasteiger partial charge >= 0.3 is 0 Å². The number of amides is 1. The number of rotatable bonds is 10. The van der Waals surface area contributed by atoms with E-state index >= 15 is 0 Å². The molecule has 1 aliphatic rings. The van der Waals surface area contributed by atoms with E-state index in [1.165, 1.54) is 6.26 Å². The molecule has 180 valence electrons. The Morgan fingerprint density at radius 2 is 1.94 bits per heavy atom. The Kier molecular flexibility index (Phi) is 8.71. The number of nitrogens with zero attached hydrogens (tertiary/aromatic N) is 3. The normalized spacial score (nSPS) is 15.4. The molecule has 0 radical (unpaired) electrons. The van der Waals surface area contributed by atoms with Crippen LogP contribution in [0.25, 0.3) is 0 Å². The van der Waals surface area contributed by atoms with Gasteiger partial charge in [0, 0.05) is 37.7 Å². The maximum atomic E-state index is 12.7. The number of carbonyl (C=O) groups excluding carboxylic acids is 1. The second-order valence-corrected chi connectivity index (χ2v) is 8.96.